The van der Waals surface area contributed by atoms with E-state index in [4.69, 9.17) is 9.47 Å². The summed E-state index contributed by atoms with van der Waals surface area (Å²) in [7, 11) is -0.814. The maximum atomic E-state index is 13.2. The molecule has 0 aliphatic rings. The van der Waals surface area contributed by atoms with Crippen LogP contribution in [0, 0.1) is 12.7 Å². The van der Waals surface area contributed by atoms with Gasteiger partial charge in [-0.2, -0.15) is 0 Å². The first kappa shape index (κ1) is 21.3. The highest BCUT2D eigenvalue weighted by molar-refractivity contribution is 7.89. The average molecular weight is 462 g/mol. The molecule has 0 unspecified atom stereocenters. The third kappa shape index (κ3) is 4.14. The Labute approximate surface area is 183 Å². The van der Waals surface area contributed by atoms with Crippen LogP contribution >= 0.6 is 11.3 Å². The number of hydrogen-bond donors (Lipinski definition) is 1. The standard InChI is InChI=1S/C21H20FN3O4S2/c1-13-20(11-23-31(26,27)16-8-9-18(28-2)19(10-16)29-3)30-21-24-17(12-25(13)21)14-4-6-15(22)7-5-14/h4-10,12,23H,11H2,1-3H3. The van der Waals surface area contributed by atoms with Crippen LogP contribution in [0.2, 0.25) is 0 Å². The number of imidazole rings is 1. The van der Waals surface area contributed by atoms with Gasteiger partial charge in [0, 0.05) is 34.9 Å². The predicted octanol–water partition coefficient (Wildman–Crippen LogP) is 4.01. The topological polar surface area (TPSA) is 81.9 Å². The summed E-state index contributed by atoms with van der Waals surface area (Å²) in [5, 5.41) is 0. The van der Waals surface area contributed by atoms with Gasteiger partial charge < -0.3 is 9.47 Å². The Morgan fingerprint density at radius 1 is 1.10 bits per heavy atom. The van der Waals surface area contributed by atoms with E-state index in [-0.39, 0.29) is 17.3 Å². The fourth-order valence-corrected chi connectivity index (χ4v) is 5.29. The third-order valence-electron chi connectivity index (χ3n) is 4.88. The minimum atomic E-state index is -3.75. The number of ether oxygens (including phenoxy) is 2. The van der Waals surface area contributed by atoms with Crippen molar-refractivity contribution in [1.29, 1.82) is 0 Å². The van der Waals surface area contributed by atoms with Crippen LogP contribution in [0.4, 0.5) is 4.39 Å². The van der Waals surface area contributed by atoms with Crippen LogP contribution < -0.4 is 14.2 Å². The molecule has 0 bridgehead atoms. The molecular weight excluding hydrogens is 441 g/mol. The molecule has 0 amide bonds. The number of halogens is 1. The van der Waals surface area contributed by atoms with Crippen molar-refractivity contribution in [2.75, 3.05) is 14.2 Å². The normalized spacial score (nSPS) is 11.7. The molecule has 0 aliphatic heterocycles. The number of nitrogens with zero attached hydrogens (tertiary/aromatic N) is 2. The summed E-state index contributed by atoms with van der Waals surface area (Å²) in [6, 6.07) is 10.6. The zero-order chi connectivity index (χ0) is 22.2. The van der Waals surface area contributed by atoms with Gasteiger partial charge in [0.05, 0.1) is 24.8 Å². The minimum Gasteiger partial charge on any atom is -0.493 e. The molecule has 0 saturated heterocycles. The second kappa shape index (κ2) is 8.29. The molecule has 0 fully saturated rings. The quantitative estimate of drug-likeness (QED) is 0.450. The van der Waals surface area contributed by atoms with E-state index < -0.39 is 10.0 Å². The monoisotopic (exact) mass is 461 g/mol. The van der Waals surface area contributed by atoms with Crippen molar-refractivity contribution in [3.8, 4) is 22.8 Å². The first-order valence-corrected chi connectivity index (χ1v) is 11.6. The molecule has 31 heavy (non-hydrogen) atoms. The van der Waals surface area contributed by atoms with Gasteiger partial charge in [-0.3, -0.25) is 4.40 Å². The largest absolute Gasteiger partial charge is 0.493 e. The molecule has 2 aromatic carbocycles. The smallest absolute Gasteiger partial charge is 0.241 e. The molecular formula is C21H20FN3O4S2. The number of rotatable bonds is 7. The van der Waals surface area contributed by atoms with Crippen molar-refractivity contribution in [3.63, 3.8) is 0 Å². The van der Waals surface area contributed by atoms with E-state index >= 15 is 0 Å². The summed E-state index contributed by atoms with van der Waals surface area (Å²) >= 11 is 1.40. The Bertz CT molecular complexity index is 1350. The Balaban J connectivity index is 1.55. The Morgan fingerprint density at radius 2 is 1.81 bits per heavy atom. The molecule has 2 aromatic heterocycles. The number of thiazole rings is 1. The van der Waals surface area contributed by atoms with E-state index in [1.54, 1.807) is 18.2 Å². The number of methoxy groups -OCH3 is 2. The van der Waals surface area contributed by atoms with Crippen LogP contribution in [0.15, 0.2) is 53.6 Å². The first-order valence-electron chi connectivity index (χ1n) is 9.27. The number of sulfonamides is 1. The van der Waals surface area contributed by atoms with Crippen LogP contribution in [-0.4, -0.2) is 32.0 Å². The van der Waals surface area contributed by atoms with Crippen LogP contribution in [0.5, 0.6) is 11.5 Å². The molecule has 162 valence electrons. The SMILES string of the molecule is COc1ccc(S(=O)(=O)NCc2sc3nc(-c4ccc(F)cc4)cn3c2C)cc1OC. The number of benzene rings is 2. The maximum absolute atomic E-state index is 13.2. The lowest BCUT2D eigenvalue weighted by molar-refractivity contribution is 0.354. The van der Waals surface area contributed by atoms with Crippen molar-refractivity contribution in [2.24, 2.45) is 0 Å². The van der Waals surface area contributed by atoms with Gasteiger partial charge in [-0.1, -0.05) is 11.3 Å². The van der Waals surface area contributed by atoms with E-state index in [0.717, 1.165) is 26.8 Å². The number of nitrogens with one attached hydrogen (secondary N) is 1. The first-order chi connectivity index (χ1) is 14.8. The van der Waals surface area contributed by atoms with Crippen molar-refractivity contribution >= 4 is 26.3 Å². The van der Waals surface area contributed by atoms with E-state index in [9.17, 15) is 12.8 Å². The van der Waals surface area contributed by atoms with Gasteiger partial charge in [0.15, 0.2) is 16.5 Å². The molecule has 0 aliphatic carbocycles. The summed E-state index contributed by atoms with van der Waals surface area (Å²) in [5.41, 5.74) is 2.43. The van der Waals surface area contributed by atoms with Crippen molar-refractivity contribution in [1.82, 2.24) is 14.1 Å². The number of hydrogen-bond acceptors (Lipinski definition) is 6. The van der Waals surface area contributed by atoms with E-state index in [2.05, 4.69) is 9.71 Å². The zero-order valence-corrected chi connectivity index (χ0v) is 18.7. The second-order valence-electron chi connectivity index (χ2n) is 6.74. The number of aromatic nitrogens is 2. The Hall–Kier alpha value is -2.95. The molecule has 1 N–H and O–H groups in total. The van der Waals surface area contributed by atoms with Gasteiger partial charge >= 0.3 is 0 Å². The lowest BCUT2D eigenvalue weighted by atomic mass is 10.2. The minimum absolute atomic E-state index is 0.0859. The van der Waals surface area contributed by atoms with E-state index in [0.29, 0.717) is 11.5 Å². The fourth-order valence-electron chi connectivity index (χ4n) is 3.15. The van der Waals surface area contributed by atoms with Crippen LogP contribution in [0.1, 0.15) is 10.6 Å². The number of fused-ring (bicyclic) bond motifs is 1. The highest BCUT2D eigenvalue weighted by atomic mass is 32.2. The van der Waals surface area contributed by atoms with Crippen molar-refractivity contribution < 1.29 is 22.3 Å². The molecule has 4 aromatic rings. The van der Waals surface area contributed by atoms with Gasteiger partial charge in [-0.15, -0.1) is 0 Å². The Kier molecular flexibility index (Phi) is 5.69. The lowest BCUT2D eigenvalue weighted by Gasteiger charge is -2.11. The average Bonchev–Trinajstić information content (AvgIpc) is 3.31. The maximum Gasteiger partial charge on any atom is 0.241 e. The van der Waals surface area contributed by atoms with Gasteiger partial charge in [0.25, 0.3) is 0 Å². The lowest BCUT2D eigenvalue weighted by Crippen LogP contribution is -2.23. The van der Waals surface area contributed by atoms with Crippen LogP contribution in [-0.2, 0) is 16.6 Å². The van der Waals surface area contributed by atoms with Gasteiger partial charge in [-0.25, -0.2) is 22.5 Å². The second-order valence-corrected chi connectivity index (χ2v) is 9.57. The zero-order valence-electron chi connectivity index (χ0n) is 17.0. The molecule has 4 rings (SSSR count). The summed E-state index contributed by atoms with van der Waals surface area (Å²) in [6.45, 7) is 2.03. The summed E-state index contributed by atoms with van der Waals surface area (Å²) < 4.78 is 53.5. The van der Waals surface area contributed by atoms with E-state index in [1.807, 2.05) is 17.5 Å². The van der Waals surface area contributed by atoms with Crippen molar-refractivity contribution in [2.45, 2.75) is 18.4 Å². The van der Waals surface area contributed by atoms with Crippen LogP contribution in [0.3, 0.4) is 0 Å². The molecule has 7 nitrogen and oxygen atoms in total. The molecule has 0 atom stereocenters. The molecule has 2 heterocycles. The third-order valence-corrected chi connectivity index (χ3v) is 7.44. The summed E-state index contributed by atoms with van der Waals surface area (Å²) in [5.74, 6) is 0.489. The molecule has 0 radical (unpaired) electrons. The fraction of sp³-hybridized carbons (Fsp3) is 0.190. The summed E-state index contributed by atoms with van der Waals surface area (Å²) in [6.07, 6.45) is 1.86. The van der Waals surface area contributed by atoms with Crippen molar-refractivity contribution in [3.05, 3.63) is 65.0 Å². The van der Waals surface area contributed by atoms with Crippen LogP contribution in [0.25, 0.3) is 16.2 Å². The van der Waals surface area contributed by atoms with E-state index in [1.165, 1.54) is 49.8 Å². The van der Waals surface area contributed by atoms with Gasteiger partial charge in [-0.05, 0) is 43.3 Å². The highest BCUT2D eigenvalue weighted by Crippen LogP contribution is 2.30. The van der Waals surface area contributed by atoms with Gasteiger partial charge in [0.2, 0.25) is 10.0 Å². The summed E-state index contributed by atoms with van der Waals surface area (Å²) in [4.78, 5) is 6.25. The molecule has 0 saturated carbocycles. The molecule has 10 heteroatoms. The predicted molar refractivity (Wildman–Crippen MR) is 117 cm³/mol. The van der Waals surface area contributed by atoms with Gasteiger partial charge in [0.1, 0.15) is 5.82 Å². The Morgan fingerprint density at radius 3 is 2.45 bits per heavy atom. The highest BCUT2D eigenvalue weighted by Gasteiger charge is 2.19. The molecule has 0 spiro atoms. The number of aryl methyl sites for hydroxylation is 1.